The van der Waals surface area contributed by atoms with Gasteiger partial charge in [0.2, 0.25) is 0 Å². The van der Waals surface area contributed by atoms with E-state index in [9.17, 15) is 0 Å². The molecule has 2 atom stereocenters. The first-order valence-corrected chi connectivity index (χ1v) is 10.2. The molecule has 18 heavy (non-hydrogen) atoms. The number of ether oxygens (including phenoxy) is 2. The molecule has 1 aliphatic heterocycles. The molecule has 0 aromatic rings. The molecular weight excluding hydrogens is 240 g/mol. The maximum atomic E-state index is 6.07. The lowest BCUT2D eigenvalue weighted by atomic mass is 10.1. The molecule has 0 N–H and O–H groups in total. The summed E-state index contributed by atoms with van der Waals surface area (Å²) in [6, 6.07) is 1.38. The highest BCUT2D eigenvalue weighted by molar-refractivity contribution is 6.60. The summed E-state index contributed by atoms with van der Waals surface area (Å²) in [5, 5.41) is 0. The molecule has 1 aliphatic carbocycles. The fraction of sp³-hybridized carbons (Fsp3) is 1.00. The van der Waals surface area contributed by atoms with Crippen LogP contribution in [0.2, 0.25) is 6.04 Å². The zero-order valence-corrected chi connectivity index (χ0v) is 13.4. The van der Waals surface area contributed by atoms with Crippen molar-refractivity contribution in [3.63, 3.8) is 0 Å². The van der Waals surface area contributed by atoms with Gasteiger partial charge in [0.15, 0.2) is 0 Å². The van der Waals surface area contributed by atoms with E-state index in [1.807, 2.05) is 0 Å². The largest absolute Gasteiger partial charge is 0.385 e. The first kappa shape index (κ1) is 14.5. The van der Waals surface area contributed by atoms with Gasteiger partial charge in [0.05, 0.1) is 0 Å². The predicted molar refractivity (Wildman–Crippen MR) is 78.5 cm³/mol. The number of hydrogen-bond donors (Lipinski definition) is 0. The van der Waals surface area contributed by atoms with Crippen LogP contribution in [-0.4, -0.2) is 34.0 Å². The second-order valence-electron chi connectivity index (χ2n) is 6.63. The summed E-state index contributed by atoms with van der Waals surface area (Å²) in [7, 11) is -0.849. The van der Waals surface area contributed by atoms with Crippen LogP contribution in [0.15, 0.2) is 0 Å². The van der Waals surface area contributed by atoms with Crippen LogP contribution >= 0.6 is 0 Å². The van der Waals surface area contributed by atoms with Crippen molar-refractivity contribution >= 4 is 8.80 Å². The van der Waals surface area contributed by atoms with Crippen molar-refractivity contribution in [1.29, 1.82) is 0 Å². The van der Waals surface area contributed by atoms with E-state index >= 15 is 0 Å². The van der Waals surface area contributed by atoms with Crippen LogP contribution in [0.3, 0.4) is 0 Å². The Labute approximate surface area is 114 Å². The van der Waals surface area contributed by atoms with Gasteiger partial charge in [-0.25, -0.2) is 0 Å². The topological polar surface area (TPSA) is 18.5 Å². The van der Waals surface area contributed by atoms with Crippen molar-refractivity contribution in [2.24, 2.45) is 11.8 Å². The molecule has 2 rings (SSSR count). The van der Waals surface area contributed by atoms with Gasteiger partial charge in [0.1, 0.15) is 8.80 Å². The highest BCUT2D eigenvalue weighted by Gasteiger charge is 2.28. The Balaban J connectivity index is 1.69. The van der Waals surface area contributed by atoms with Gasteiger partial charge in [-0.05, 0) is 37.5 Å². The molecule has 0 bridgehead atoms. The molecule has 106 valence electrons. The van der Waals surface area contributed by atoms with E-state index in [1.165, 1.54) is 44.6 Å². The molecule has 2 unspecified atom stereocenters. The van der Waals surface area contributed by atoms with E-state index in [-0.39, 0.29) is 0 Å². The van der Waals surface area contributed by atoms with E-state index in [0.29, 0.717) is 5.73 Å². The lowest BCUT2D eigenvalue weighted by Gasteiger charge is -2.23. The van der Waals surface area contributed by atoms with E-state index in [0.717, 1.165) is 31.3 Å². The molecule has 1 heterocycles. The van der Waals surface area contributed by atoms with E-state index in [2.05, 4.69) is 13.8 Å². The van der Waals surface area contributed by atoms with E-state index < -0.39 is 8.80 Å². The van der Waals surface area contributed by atoms with E-state index in [1.54, 1.807) is 0 Å². The highest BCUT2D eigenvalue weighted by Crippen LogP contribution is 2.25. The van der Waals surface area contributed by atoms with Crippen LogP contribution in [0.1, 0.15) is 52.4 Å². The van der Waals surface area contributed by atoms with Gasteiger partial charge in [-0.3, -0.25) is 0 Å². The molecule has 1 saturated carbocycles. The van der Waals surface area contributed by atoms with Gasteiger partial charge in [-0.2, -0.15) is 0 Å². The fourth-order valence-corrected chi connectivity index (χ4v) is 6.89. The summed E-state index contributed by atoms with van der Waals surface area (Å²) in [6.07, 6.45) is 9.27. The Bertz CT molecular complexity index is 221. The van der Waals surface area contributed by atoms with Crippen LogP contribution in [0.4, 0.5) is 0 Å². The SMILES string of the molecule is CC(C)C[SiH](COCC1CCCC1)C1CCCO1. The standard InChI is InChI=1S/C15H30O2Si/c1-13(2)11-18(15-8-5-9-17-15)12-16-10-14-6-3-4-7-14/h13-15,18H,3-12H2,1-2H3. The average Bonchev–Trinajstić information content (AvgIpc) is 3.00. The number of hydrogen-bond acceptors (Lipinski definition) is 2. The molecule has 0 spiro atoms. The highest BCUT2D eigenvalue weighted by atomic mass is 28.3. The van der Waals surface area contributed by atoms with Gasteiger partial charge in [0.25, 0.3) is 0 Å². The summed E-state index contributed by atoms with van der Waals surface area (Å²) in [4.78, 5) is 0. The summed E-state index contributed by atoms with van der Waals surface area (Å²) >= 11 is 0. The summed E-state index contributed by atoms with van der Waals surface area (Å²) in [5.41, 5.74) is 0.607. The van der Waals surface area contributed by atoms with Crippen molar-refractivity contribution in [3.05, 3.63) is 0 Å². The molecule has 1 saturated heterocycles. The lowest BCUT2D eigenvalue weighted by molar-refractivity contribution is 0.120. The third-order valence-corrected chi connectivity index (χ3v) is 8.21. The Morgan fingerprint density at radius 1 is 1.17 bits per heavy atom. The Morgan fingerprint density at radius 3 is 2.56 bits per heavy atom. The van der Waals surface area contributed by atoms with Crippen molar-refractivity contribution in [2.75, 3.05) is 19.4 Å². The lowest BCUT2D eigenvalue weighted by Crippen LogP contribution is -2.37. The molecular formula is C15H30O2Si. The molecule has 0 aromatic carbocycles. The van der Waals surface area contributed by atoms with Crippen molar-refractivity contribution in [3.8, 4) is 0 Å². The van der Waals surface area contributed by atoms with Gasteiger partial charge in [-0.1, -0.05) is 32.7 Å². The molecule has 2 nitrogen and oxygen atoms in total. The molecule has 0 amide bonds. The Hall–Kier alpha value is 0.137. The monoisotopic (exact) mass is 270 g/mol. The first-order valence-electron chi connectivity index (χ1n) is 7.95. The second kappa shape index (κ2) is 7.66. The maximum Gasteiger partial charge on any atom is 0.102 e. The summed E-state index contributed by atoms with van der Waals surface area (Å²) < 4.78 is 12.0. The summed E-state index contributed by atoms with van der Waals surface area (Å²) in [6.45, 7) is 6.70. The zero-order valence-electron chi connectivity index (χ0n) is 12.2. The Kier molecular flexibility index (Phi) is 6.19. The van der Waals surface area contributed by atoms with Crippen LogP contribution in [0.25, 0.3) is 0 Å². The predicted octanol–water partition coefficient (Wildman–Crippen LogP) is 3.33. The molecule has 2 aliphatic rings. The molecule has 2 fully saturated rings. The van der Waals surface area contributed by atoms with E-state index in [4.69, 9.17) is 9.47 Å². The van der Waals surface area contributed by atoms with Crippen LogP contribution in [0.5, 0.6) is 0 Å². The second-order valence-corrected chi connectivity index (χ2v) is 9.70. The van der Waals surface area contributed by atoms with Gasteiger partial charge in [0, 0.05) is 25.2 Å². The van der Waals surface area contributed by atoms with Crippen molar-refractivity contribution < 1.29 is 9.47 Å². The smallest absolute Gasteiger partial charge is 0.102 e. The molecule has 0 radical (unpaired) electrons. The average molecular weight is 270 g/mol. The minimum atomic E-state index is -0.849. The zero-order chi connectivity index (χ0) is 12.8. The normalized spacial score (nSPS) is 27.2. The number of rotatable bonds is 7. The molecule has 3 heteroatoms. The third kappa shape index (κ3) is 4.67. The maximum absolute atomic E-state index is 6.07. The minimum absolute atomic E-state index is 0.607. The quantitative estimate of drug-likeness (QED) is 0.661. The van der Waals surface area contributed by atoms with Gasteiger partial charge in [-0.15, -0.1) is 0 Å². The van der Waals surface area contributed by atoms with Crippen LogP contribution < -0.4 is 0 Å². The summed E-state index contributed by atoms with van der Waals surface area (Å²) in [5.74, 6) is 1.67. The van der Waals surface area contributed by atoms with Crippen LogP contribution in [-0.2, 0) is 9.47 Å². The third-order valence-electron chi connectivity index (χ3n) is 4.43. The molecule has 0 aromatic heterocycles. The first-order chi connectivity index (χ1) is 8.75. The minimum Gasteiger partial charge on any atom is -0.385 e. The fourth-order valence-electron chi connectivity index (χ4n) is 3.47. The van der Waals surface area contributed by atoms with Crippen molar-refractivity contribution in [2.45, 2.75) is 64.1 Å². The van der Waals surface area contributed by atoms with Crippen LogP contribution in [0, 0.1) is 11.8 Å². The van der Waals surface area contributed by atoms with Gasteiger partial charge >= 0.3 is 0 Å². The van der Waals surface area contributed by atoms with Crippen molar-refractivity contribution in [1.82, 2.24) is 0 Å². The Morgan fingerprint density at radius 2 is 1.94 bits per heavy atom. The van der Waals surface area contributed by atoms with Gasteiger partial charge < -0.3 is 9.47 Å².